The molecule has 0 aromatic carbocycles. The van der Waals surface area contributed by atoms with E-state index in [0.29, 0.717) is 13.2 Å². The zero-order valence-corrected chi connectivity index (χ0v) is 9.64. The maximum Gasteiger partial charge on any atom is 0.222 e. The first-order chi connectivity index (χ1) is 6.68. The molecular weight excluding hydrogens is 178 g/mol. The molecule has 0 saturated carbocycles. The van der Waals surface area contributed by atoms with E-state index in [0.717, 1.165) is 13.0 Å². The number of carbonyl (C=O) groups is 1. The summed E-state index contributed by atoms with van der Waals surface area (Å²) in [5.74, 6) is 0.164. The van der Waals surface area contributed by atoms with Crippen LogP contribution < -0.4 is 5.32 Å². The van der Waals surface area contributed by atoms with Gasteiger partial charge in [0.15, 0.2) is 0 Å². The molecule has 1 amide bonds. The molecule has 0 atom stereocenters. The van der Waals surface area contributed by atoms with Crippen molar-refractivity contribution < 1.29 is 9.53 Å². The van der Waals surface area contributed by atoms with Crippen LogP contribution in [0.25, 0.3) is 0 Å². The molecule has 0 unspecified atom stereocenters. The molecule has 0 saturated heterocycles. The number of unbranched alkanes of at least 4 members (excludes halogenated alkanes) is 2. The van der Waals surface area contributed by atoms with Gasteiger partial charge < -0.3 is 10.1 Å². The van der Waals surface area contributed by atoms with Crippen LogP contribution in [-0.2, 0) is 9.53 Å². The minimum Gasteiger partial charge on any atom is -0.380 e. The van der Waals surface area contributed by atoms with Gasteiger partial charge in [0, 0.05) is 19.1 Å². The fourth-order valence-corrected chi connectivity index (χ4v) is 1.01. The van der Waals surface area contributed by atoms with E-state index in [1.54, 1.807) is 0 Å². The van der Waals surface area contributed by atoms with Crippen molar-refractivity contribution >= 4 is 5.91 Å². The highest BCUT2D eigenvalue weighted by Gasteiger charge is 2.04. The number of ether oxygens (including phenoxy) is 1. The van der Waals surface area contributed by atoms with Gasteiger partial charge in [-0.2, -0.15) is 0 Å². The molecule has 14 heavy (non-hydrogen) atoms. The normalized spacial score (nSPS) is 10.6. The van der Waals surface area contributed by atoms with Crippen LogP contribution in [0.2, 0.25) is 0 Å². The Balaban J connectivity index is 3.10. The van der Waals surface area contributed by atoms with Crippen LogP contribution in [-0.4, -0.2) is 25.7 Å². The van der Waals surface area contributed by atoms with Crippen molar-refractivity contribution in [2.75, 3.05) is 19.8 Å². The summed E-state index contributed by atoms with van der Waals surface area (Å²) in [5, 5.41) is 2.81. The average Bonchev–Trinajstić information content (AvgIpc) is 2.16. The fraction of sp³-hybridized carbons (Fsp3) is 0.909. The standard InChI is InChI=1S/C11H23NO2/c1-4-5-6-8-14-9-7-12-11(13)10(2)3/h10H,4-9H2,1-3H3,(H,12,13). The third-order valence-corrected chi connectivity index (χ3v) is 1.96. The Labute approximate surface area is 87.2 Å². The van der Waals surface area contributed by atoms with E-state index in [9.17, 15) is 4.79 Å². The molecule has 0 aliphatic heterocycles. The smallest absolute Gasteiger partial charge is 0.222 e. The van der Waals surface area contributed by atoms with Gasteiger partial charge >= 0.3 is 0 Å². The van der Waals surface area contributed by atoms with E-state index in [1.807, 2.05) is 13.8 Å². The van der Waals surface area contributed by atoms with Gasteiger partial charge in [-0.15, -0.1) is 0 Å². The first-order valence-corrected chi connectivity index (χ1v) is 5.54. The van der Waals surface area contributed by atoms with E-state index in [-0.39, 0.29) is 11.8 Å². The Kier molecular flexibility index (Phi) is 8.64. The average molecular weight is 201 g/mol. The van der Waals surface area contributed by atoms with E-state index in [2.05, 4.69) is 12.2 Å². The summed E-state index contributed by atoms with van der Waals surface area (Å²) in [4.78, 5) is 11.1. The summed E-state index contributed by atoms with van der Waals surface area (Å²) in [6, 6.07) is 0. The SMILES string of the molecule is CCCCCOCCNC(=O)C(C)C. The third kappa shape index (κ3) is 8.05. The van der Waals surface area contributed by atoms with E-state index >= 15 is 0 Å². The van der Waals surface area contributed by atoms with Crippen LogP contribution in [0.5, 0.6) is 0 Å². The molecule has 0 radical (unpaired) electrons. The number of hydrogen-bond acceptors (Lipinski definition) is 2. The Morgan fingerprint density at radius 3 is 2.57 bits per heavy atom. The van der Waals surface area contributed by atoms with Crippen molar-refractivity contribution in [3.63, 3.8) is 0 Å². The summed E-state index contributed by atoms with van der Waals surface area (Å²) < 4.78 is 5.35. The second kappa shape index (κ2) is 9.00. The fourth-order valence-electron chi connectivity index (χ4n) is 1.01. The monoisotopic (exact) mass is 201 g/mol. The molecule has 0 bridgehead atoms. The van der Waals surface area contributed by atoms with E-state index in [1.165, 1.54) is 12.8 Å². The van der Waals surface area contributed by atoms with Crippen LogP contribution in [0.1, 0.15) is 40.0 Å². The minimum atomic E-state index is 0.0649. The van der Waals surface area contributed by atoms with Gasteiger partial charge in [-0.25, -0.2) is 0 Å². The molecule has 0 heterocycles. The van der Waals surface area contributed by atoms with Crippen molar-refractivity contribution in [3.05, 3.63) is 0 Å². The summed E-state index contributed by atoms with van der Waals surface area (Å²) in [6.45, 7) is 8.01. The first kappa shape index (κ1) is 13.4. The number of nitrogens with one attached hydrogen (secondary N) is 1. The van der Waals surface area contributed by atoms with Crippen molar-refractivity contribution in [1.29, 1.82) is 0 Å². The molecule has 3 heteroatoms. The van der Waals surface area contributed by atoms with Crippen molar-refractivity contribution in [1.82, 2.24) is 5.32 Å². The molecule has 0 aliphatic rings. The van der Waals surface area contributed by atoms with Gasteiger partial charge in [-0.3, -0.25) is 4.79 Å². The second-order valence-electron chi connectivity index (χ2n) is 3.77. The maximum atomic E-state index is 11.1. The van der Waals surface area contributed by atoms with Crippen molar-refractivity contribution in [2.24, 2.45) is 5.92 Å². The molecule has 84 valence electrons. The number of rotatable bonds is 8. The molecule has 0 rings (SSSR count). The minimum absolute atomic E-state index is 0.0649. The summed E-state index contributed by atoms with van der Waals surface area (Å²) in [5.41, 5.74) is 0. The van der Waals surface area contributed by atoms with Gasteiger partial charge in [0.05, 0.1) is 6.61 Å². The van der Waals surface area contributed by atoms with Gasteiger partial charge in [-0.05, 0) is 6.42 Å². The Morgan fingerprint density at radius 2 is 2.00 bits per heavy atom. The van der Waals surface area contributed by atoms with Crippen molar-refractivity contribution in [2.45, 2.75) is 40.0 Å². The predicted molar refractivity (Wildman–Crippen MR) is 58.2 cm³/mol. The lowest BCUT2D eigenvalue weighted by molar-refractivity contribution is -0.124. The Hall–Kier alpha value is -0.570. The maximum absolute atomic E-state index is 11.1. The largest absolute Gasteiger partial charge is 0.380 e. The summed E-state index contributed by atoms with van der Waals surface area (Å²) >= 11 is 0. The van der Waals surface area contributed by atoms with Gasteiger partial charge in [0.1, 0.15) is 0 Å². The van der Waals surface area contributed by atoms with E-state index in [4.69, 9.17) is 4.74 Å². The topological polar surface area (TPSA) is 38.3 Å². The van der Waals surface area contributed by atoms with Gasteiger partial charge in [0.2, 0.25) is 5.91 Å². The van der Waals surface area contributed by atoms with Crippen LogP contribution in [0, 0.1) is 5.92 Å². The predicted octanol–water partition coefficient (Wildman–Crippen LogP) is 1.97. The van der Waals surface area contributed by atoms with Crippen molar-refractivity contribution in [3.8, 4) is 0 Å². The van der Waals surface area contributed by atoms with E-state index < -0.39 is 0 Å². The summed E-state index contributed by atoms with van der Waals surface area (Å²) in [7, 11) is 0. The highest BCUT2D eigenvalue weighted by atomic mass is 16.5. The number of amides is 1. The zero-order chi connectivity index (χ0) is 10.8. The molecule has 1 N–H and O–H groups in total. The lowest BCUT2D eigenvalue weighted by Crippen LogP contribution is -2.30. The number of hydrogen-bond donors (Lipinski definition) is 1. The Bertz CT molecular complexity index is 146. The lowest BCUT2D eigenvalue weighted by Gasteiger charge is -2.07. The quantitative estimate of drug-likeness (QED) is 0.610. The molecule has 0 spiro atoms. The third-order valence-electron chi connectivity index (χ3n) is 1.96. The highest BCUT2D eigenvalue weighted by Crippen LogP contribution is 1.93. The van der Waals surface area contributed by atoms with Crippen LogP contribution in [0.3, 0.4) is 0 Å². The Morgan fingerprint density at radius 1 is 1.29 bits per heavy atom. The molecule has 0 aromatic rings. The second-order valence-corrected chi connectivity index (χ2v) is 3.77. The molecule has 0 aliphatic carbocycles. The van der Waals surface area contributed by atoms with Gasteiger partial charge in [-0.1, -0.05) is 33.6 Å². The highest BCUT2D eigenvalue weighted by molar-refractivity contribution is 5.77. The molecular formula is C11H23NO2. The zero-order valence-electron chi connectivity index (χ0n) is 9.64. The van der Waals surface area contributed by atoms with Crippen LogP contribution >= 0.6 is 0 Å². The first-order valence-electron chi connectivity index (χ1n) is 5.54. The molecule has 0 fully saturated rings. The number of carbonyl (C=O) groups excluding carboxylic acids is 1. The van der Waals surface area contributed by atoms with Crippen LogP contribution in [0.15, 0.2) is 0 Å². The summed E-state index contributed by atoms with van der Waals surface area (Å²) in [6.07, 6.45) is 3.56. The lowest BCUT2D eigenvalue weighted by atomic mass is 10.2. The van der Waals surface area contributed by atoms with Gasteiger partial charge in [0.25, 0.3) is 0 Å². The molecule has 0 aromatic heterocycles. The van der Waals surface area contributed by atoms with Crippen LogP contribution in [0.4, 0.5) is 0 Å². The molecule has 3 nitrogen and oxygen atoms in total.